The van der Waals surface area contributed by atoms with Gasteiger partial charge in [-0.2, -0.15) is 0 Å². The van der Waals surface area contributed by atoms with E-state index in [0.29, 0.717) is 5.88 Å². The van der Waals surface area contributed by atoms with Gasteiger partial charge in [-0.05, 0) is 41.1 Å². The zero-order valence-electron chi connectivity index (χ0n) is 9.03. The number of hydrogen-bond acceptors (Lipinski definition) is 2. The van der Waals surface area contributed by atoms with Crippen LogP contribution in [0.25, 0.3) is 16.9 Å². The summed E-state index contributed by atoms with van der Waals surface area (Å²) in [7, 11) is 0. The molecular formula is C12H9BrN2O2. The summed E-state index contributed by atoms with van der Waals surface area (Å²) in [6.45, 7) is 1.85. The molecule has 2 heterocycles. The highest BCUT2D eigenvalue weighted by molar-refractivity contribution is 9.10. The highest BCUT2D eigenvalue weighted by atomic mass is 79.9. The lowest BCUT2D eigenvalue weighted by molar-refractivity contribution is 0.510. The molecule has 0 fully saturated rings. The third-order valence-electron chi connectivity index (χ3n) is 2.60. The van der Waals surface area contributed by atoms with Crippen molar-refractivity contribution in [2.24, 2.45) is 0 Å². The third kappa shape index (κ3) is 1.54. The number of aromatic amines is 1. The number of aryl methyl sites for hydroxylation is 1. The molecule has 1 N–H and O–H groups in total. The first kappa shape index (κ1) is 10.4. The highest BCUT2D eigenvalue weighted by Gasteiger charge is 2.13. The van der Waals surface area contributed by atoms with E-state index >= 15 is 0 Å². The fraction of sp³-hybridized carbons (Fsp3) is 0.0833. The Kier molecular flexibility index (Phi) is 2.22. The van der Waals surface area contributed by atoms with Crippen LogP contribution in [0.1, 0.15) is 5.76 Å². The summed E-state index contributed by atoms with van der Waals surface area (Å²) in [5.41, 5.74) is 1.35. The van der Waals surface area contributed by atoms with Crippen LogP contribution in [-0.4, -0.2) is 9.55 Å². The summed E-state index contributed by atoms with van der Waals surface area (Å²) in [4.78, 5) is 14.7. The van der Waals surface area contributed by atoms with Gasteiger partial charge in [0.05, 0.1) is 11.0 Å². The standard InChI is InChI=1S/C12H9BrN2O2/c1-7-5-6-10(17-7)15-11-8(13)3-2-4-9(11)14-12(15)16/h2-6H,1H3,(H,14,16). The third-order valence-corrected chi connectivity index (χ3v) is 3.24. The minimum atomic E-state index is -0.207. The molecule has 0 bridgehead atoms. The Balaban J connectivity index is 2.43. The number of nitrogens with zero attached hydrogens (tertiary/aromatic N) is 1. The second kappa shape index (κ2) is 3.63. The van der Waals surface area contributed by atoms with Crippen molar-refractivity contribution in [1.29, 1.82) is 0 Å². The van der Waals surface area contributed by atoms with Crippen molar-refractivity contribution in [2.45, 2.75) is 6.92 Å². The average molecular weight is 293 g/mol. The number of H-pyrrole nitrogens is 1. The summed E-state index contributed by atoms with van der Waals surface area (Å²) in [5, 5.41) is 0. The molecule has 0 amide bonds. The van der Waals surface area contributed by atoms with Crippen LogP contribution in [-0.2, 0) is 0 Å². The first-order chi connectivity index (χ1) is 8.16. The molecular weight excluding hydrogens is 284 g/mol. The molecule has 86 valence electrons. The van der Waals surface area contributed by atoms with Gasteiger partial charge in [0.2, 0.25) is 5.88 Å². The van der Waals surface area contributed by atoms with Gasteiger partial charge in [-0.3, -0.25) is 0 Å². The van der Waals surface area contributed by atoms with E-state index in [-0.39, 0.29) is 5.69 Å². The van der Waals surface area contributed by atoms with Crippen molar-refractivity contribution < 1.29 is 4.42 Å². The fourth-order valence-electron chi connectivity index (χ4n) is 1.87. The monoisotopic (exact) mass is 292 g/mol. The Hall–Kier alpha value is -1.75. The molecule has 3 rings (SSSR count). The van der Waals surface area contributed by atoms with Gasteiger partial charge in [-0.1, -0.05) is 6.07 Å². The molecule has 5 heteroatoms. The number of imidazole rings is 1. The predicted molar refractivity (Wildman–Crippen MR) is 68.6 cm³/mol. The number of halogens is 1. The fourth-order valence-corrected chi connectivity index (χ4v) is 2.41. The maximum Gasteiger partial charge on any atom is 0.333 e. The highest BCUT2D eigenvalue weighted by Crippen LogP contribution is 2.24. The SMILES string of the molecule is Cc1ccc(-n2c(=O)[nH]c3cccc(Br)c32)o1. The van der Waals surface area contributed by atoms with Gasteiger partial charge < -0.3 is 9.40 Å². The second-order valence-electron chi connectivity index (χ2n) is 3.79. The largest absolute Gasteiger partial charge is 0.445 e. The summed E-state index contributed by atoms with van der Waals surface area (Å²) < 4.78 is 7.86. The molecule has 0 aliphatic heterocycles. The molecule has 0 saturated heterocycles. The zero-order chi connectivity index (χ0) is 12.0. The van der Waals surface area contributed by atoms with Crippen LogP contribution in [0.2, 0.25) is 0 Å². The van der Waals surface area contributed by atoms with Gasteiger partial charge in [0.25, 0.3) is 0 Å². The van der Waals surface area contributed by atoms with Crippen LogP contribution >= 0.6 is 15.9 Å². The average Bonchev–Trinajstić information content (AvgIpc) is 2.82. The lowest BCUT2D eigenvalue weighted by Gasteiger charge is -2.00. The van der Waals surface area contributed by atoms with Gasteiger partial charge in [-0.15, -0.1) is 0 Å². The van der Waals surface area contributed by atoms with Crippen molar-refractivity contribution >= 4 is 27.0 Å². The summed E-state index contributed by atoms with van der Waals surface area (Å²) >= 11 is 3.44. The Labute approximate surface area is 105 Å². The van der Waals surface area contributed by atoms with Crippen LogP contribution in [0, 0.1) is 6.92 Å². The lowest BCUT2D eigenvalue weighted by atomic mass is 10.3. The van der Waals surface area contributed by atoms with Crippen molar-refractivity contribution in [3.8, 4) is 5.88 Å². The number of nitrogens with one attached hydrogen (secondary N) is 1. The molecule has 2 aromatic heterocycles. The number of benzene rings is 1. The van der Waals surface area contributed by atoms with E-state index in [9.17, 15) is 4.79 Å². The van der Waals surface area contributed by atoms with Crippen molar-refractivity contribution in [3.63, 3.8) is 0 Å². The second-order valence-corrected chi connectivity index (χ2v) is 4.64. The maximum atomic E-state index is 11.9. The van der Waals surface area contributed by atoms with E-state index in [2.05, 4.69) is 20.9 Å². The van der Waals surface area contributed by atoms with Crippen LogP contribution in [0.4, 0.5) is 0 Å². The molecule has 4 nitrogen and oxygen atoms in total. The minimum Gasteiger partial charge on any atom is -0.445 e. The first-order valence-electron chi connectivity index (χ1n) is 5.13. The maximum absolute atomic E-state index is 11.9. The van der Waals surface area contributed by atoms with E-state index in [4.69, 9.17) is 4.42 Å². The number of furan rings is 1. The molecule has 0 atom stereocenters. The van der Waals surface area contributed by atoms with Crippen LogP contribution in [0.3, 0.4) is 0 Å². The molecule has 3 aromatic rings. The van der Waals surface area contributed by atoms with Crippen LogP contribution in [0.15, 0.2) is 44.0 Å². The minimum absolute atomic E-state index is 0.207. The van der Waals surface area contributed by atoms with Gasteiger partial charge >= 0.3 is 5.69 Å². The quantitative estimate of drug-likeness (QED) is 0.750. The molecule has 0 aliphatic rings. The lowest BCUT2D eigenvalue weighted by Crippen LogP contribution is -2.13. The Morgan fingerprint density at radius 2 is 2.12 bits per heavy atom. The molecule has 0 spiro atoms. The smallest absolute Gasteiger partial charge is 0.333 e. The van der Waals surface area contributed by atoms with Crippen molar-refractivity contribution in [2.75, 3.05) is 0 Å². The molecule has 0 aliphatic carbocycles. The summed E-state index contributed by atoms with van der Waals surface area (Å²) in [6, 6.07) is 9.23. The van der Waals surface area contributed by atoms with E-state index in [1.54, 1.807) is 6.07 Å². The normalized spacial score (nSPS) is 11.2. The first-order valence-corrected chi connectivity index (χ1v) is 5.92. The van der Waals surface area contributed by atoms with E-state index in [0.717, 1.165) is 21.3 Å². The van der Waals surface area contributed by atoms with Crippen molar-refractivity contribution in [1.82, 2.24) is 9.55 Å². The molecule has 1 aromatic carbocycles. The number of rotatable bonds is 1. The Morgan fingerprint density at radius 1 is 1.29 bits per heavy atom. The zero-order valence-corrected chi connectivity index (χ0v) is 10.6. The van der Waals surface area contributed by atoms with Crippen LogP contribution in [0.5, 0.6) is 0 Å². The van der Waals surface area contributed by atoms with Gasteiger partial charge in [-0.25, -0.2) is 9.36 Å². The summed E-state index contributed by atoms with van der Waals surface area (Å²) in [6.07, 6.45) is 0. The van der Waals surface area contributed by atoms with E-state index < -0.39 is 0 Å². The Morgan fingerprint density at radius 3 is 2.82 bits per heavy atom. The molecule has 0 saturated carbocycles. The predicted octanol–water partition coefficient (Wildman–Crippen LogP) is 2.98. The van der Waals surface area contributed by atoms with Crippen molar-refractivity contribution in [3.05, 3.63) is 51.0 Å². The van der Waals surface area contributed by atoms with Gasteiger partial charge in [0, 0.05) is 10.5 Å². The van der Waals surface area contributed by atoms with E-state index in [1.165, 1.54) is 4.57 Å². The summed E-state index contributed by atoms with van der Waals surface area (Å²) in [5.74, 6) is 1.29. The molecule has 0 unspecified atom stereocenters. The number of para-hydroxylation sites is 1. The number of fused-ring (bicyclic) bond motifs is 1. The Bertz CT molecular complexity index is 751. The van der Waals surface area contributed by atoms with E-state index in [1.807, 2.05) is 31.2 Å². The number of hydrogen-bond donors (Lipinski definition) is 1. The van der Waals surface area contributed by atoms with Crippen LogP contribution < -0.4 is 5.69 Å². The van der Waals surface area contributed by atoms with Gasteiger partial charge in [0.1, 0.15) is 5.76 Å². The molecule has 17 heavy (non-hydrogen) atoms. The topological polar surface area (TPSA) is 50.9 Å². The molecule has 0 radical (unpaired) electrons. The number of aromatic nitrogens is 2. The van der Waals surface area contributed by atoms with Gasteiger partial charge in [0.15, 0.2) is 0 Å².